The molecular formula is C22H21N3O3S3. The van der Waals surface area contributed by atoms with E-state index in [2.05, 4.69) is 4.98 Å². The van der Waals surface area contributed by atoms with Crippen LogP contribution in [0.3, 0.4) is 0 Å². The van der Waals surface area contributed by atoms with Crippen LogP contribution in [0.5, 0.6) is 0 Å². The van der Waals surface area contributed by atoms with Gasteiger partial charge in [0, 0.05) is 33.8 Å². The summed E-state index contributed by atoms with van der Waals surface area (Å²) in [6.45, 7) is 1.79. The number of aromatic nitrogens is 2. The summed E-state index contributed by atoms with van der Waals surface area (Å²) in [5.41, 5.74) is 0.722. The van der Waals surface area contributed by atoms with Crippen molar-refractivity contribution < 1.29 is 9.53 Å². The summed E-state index contributed by atoms with van der Waals surface area (Å²) < 4.78 is 7.20. The van der Waals surface area contributed by atoms with Gasteiger partial charge in [0.15, 0.2) is 0 Å². The number of fused-ring (bicyclic) bond motifs is 1. The fourth-order valence-corrected chi connectivity index (χ4v) is 6.26. The fourth-order valence-electron chi connectivity index (χ4n) is 3.82. The molecule has 0 bridgehead atoms. The highest BCUT2D eigenvalue weighted by Crippen LogP contribution is 2.33. The number of carbonyl (C=O) groups is 1. The molecule has 1 aliphatic heterocycles. The van der Waals surface area contributed by atoms with E-state index in [0.29, 0.717) is 23.3 Å². The summed E-state index contributed by atoms with van der Waals surface area (Å²) >= 11 is 4.67. The van der Waals surface area contributed by atoms with E-state index in [9.17, 15) is 9.59 Å². The van der Waals surface area contributed by atoms with Crippen LogP contribution in [0.15, 0.2) is 51.5 Å². The van der Waals surface area contributed by atoms with E-state index in [1.807, 2.05) is 45.3 Å². The molecule has 1 aliphatic rings. The molecule has 1 saturated heterocycles. The monoisotopic (exact) mass is 471 g/mol. The maximum atomic E-state index is 13.3. The molecule has 1 amide bonds. The van der Waals surface area contributed by atoms with Gasteiger partial charge in [0.2, 0.25) is 5.91 Å². The van der Waals surface area contributed by atoms with Gasteiger partial charge in [0.25, 0.3) is 5.56 Å². The molecule has 31 heavy (non-hydrogen) atoms. The average molecular weight is 472 g/mol. The lowest BCUT2D eigenvalue weighted by atomic mass is 10.2. The normalized spacial score (nSPS) is 16.2. The van der Waals surface area contributed by atoms with Gasteiger partial charge in [-0.3, -0.25) is 14.2 Å². The summed E-state index contributed by atoms with van der Waals surface area (Å²) in [7, 11) is 0. The summed E-state index contributed by atoms with van der Waals surface area (Å²) in [6, 6.07) is 7.98. The second kappa shape index (κ2) is 9.04. The van der Waals surface area contributed by atoms with Crippen LogP contribution in [0.2, 0.25) is 0 Å². The second-order valence-corrected chi connectivity index (χ2v) is 10.3. The summed E-state index contributed by atoms with van der Waals surface area (Å²) in [5, 5.41) is 6.56. The second-order valence-electron chi connectivity index (χ2n) is 7.47. The first kappa shape index (κ1) is 20.6. The molecule has 1 fully saturated rings. The predicted octanol–water partition coefficient (Wildman–Crippen LogP) is 4.46. The van der Waals surface area contributed by atoms with E-state index in [1.54, 1.807) is 22.7 Å². The largest absolute Gasteiger partial charge is 0.376 e. The van der Waals surface area contributed by atoms with Gasteiger partial charge in [0.05, 0.1) is 24.4 Å². The van der Waals surface area contributed by atoms with E-state index in [-0.39, 0.29) is 24.1 Å². The van der Waals surface area contributed by atoms with Crippen molar-refractivity contribution >= 4 is 50.1 Å². The van der Waals surface area contributed by atoms with Gasteiger partial charge in [-0.2, -0.15) is 0 Å². The third-order valence-electron chi connectivity index (χ3n) is 5.38. The Hall–Kier alpha value is -2.33. The molecule has 0 spiro atoms. The van der Waals surface area contributed by atoms with Crippen LogP contribution in [0.4, 0.5) is 0 Å². The van der Waals surface area contributed by atoms with Gasteiger partial charge in [-0.15, -0.1) is 34.0 Å². The Bertz CT molecular complexity index is 1220. The third-order valence-corrected chi connectivity index (χ3v) is 8.03. The Labute approximate surface area is 191 Å². The Morgan fingerprint density at radius 2 is 2.10 bits per heavy atom. The molecule has 0 N–H and O–H groups in total. The van der Waals surface area contributed by atoms with Crippen LogP contribution in [0, 0.1) is 0 Å². The lowest BCUT2D eigenvalue weighted by Crippen LogP contribution is -2.40. The first-order valence-corrected chi connectivity index (χ1v) is 12.7. The van der Waals surface area contributed by atoms with Crippen LogP contribution < -0.4 is 5.56 Å². The zero-order valence-corrected chi connectivity index (χ0v) is 19.2. The van der Waals surface area contributed by atoms with Crippen LogP contribution in [0.25, 0.3) is 20.7 Å². The maximum absolute atomic E-state index is 13.3. The number of ether oxygens (including phenoxy) is 1. The summed E-state index contributed by atoms with van der Waals surface area (Å²) in [6.07, 6.45) is 3.53. The molecule has 0 aliphatic carbocycles. The van der Waals surface area contributed by atoms with E-state index in [1.165, 1.54) is 22.2 Å². The molecule has 0 radical (unpaired) electrons. The lowest BCUT2D eigenvalue weighted by molar-refractivity contribution is -0.134. The molecule has 4 aromatic rings. The van der Waals surface area contributed by atoms with Crippen molar-refractivity contribution in [1.29, 1.82) is 0 Å². The first-order chi connectivity index (χ1) is 15.2. The Morgan fingerprint density at radius 3 is 2.84 bits per heavy atom. The predicted molar refractivity (Wildman–Crippen MR) is 126 cm³/mol. The number of rotatable bonds is 7. The zero-order valence-electron chi connectivity index (χ0n) is 16.7. The SMILES string of the molecule is O=C(Cn1cnc2scc(-c3cccs3)c2c1=O)N(Cc1cccs1)CC1CCCO1. The number of amides is 1. The van der Waals surface area contributed by atoms with Crippen LogP contribution >= 0.6 is 34.0 Å². The van der Waals surface area contributed by atoms with Gasteiger partial charge in [0.1, 0.15) is 11.4 Å². The fraction of sp³-hybridized carbons (Fsp3) is 0.318. The number of carbonyl (C=O) groups excluding carboxylic acids is 1. The van der Waals surface area contributed by atoms with Crippen molar-refractivity contribution in [3.8, 4) is 10.4 Å². The van der Waals surface area contributed by atoms with E-state index in [4.69, 9.17) is 4.74 Å². The summed E-state index contributed by atoms with van der Waals surface area (Å²) in [4.78, 5) is 35.6. The smallest absolute Gasteiger partial charge is 0.263 e. The van der Waals surface area contributed by atoms with E-state index < -0.39 is 0 Å². The Kier molecular flexibility index (Phi) is 5.99. The highest BCUT2D eigenvalue weighted by atomic mass is 32.1. The molecule has 0 saturated carbocycles. The van der Waals surface area contributed by atoms with Crippen LogP contribution in [-0.4, -0.2) is 39.6 Å². The zero-order chi connectivity index (χ0) is 21.2. The minimum atomic E-state index is -0.170. The Morgan fingerprint density at radius 1 is 1.23 bits per heavy atom. The van der Waals surface area contributed by atoms with Gasteiger partial charge < -0.3 is 9.64 Å². The molecular weight excluding hydrogens is 450 g/mol. The first-order valence-electron chi connectivity index (χ1n) is 10.1. The van der Waals surface area contributed by atoms with Crippen molar-refractivity contribution in [1.82, 2.24) is 14.5 Å². The van der Waals surface area contributed by atoms with Gasteiger partial charge >= 0.3 is 0 Å². The van der Waals surface area contributed by atoms with Crippen molar-refractivity contribution in [3.63, 3.8) is 0 Å². The molecule has 0 aromatic carbocycles. The molecule has 160 valence electrons. The molecule has 1 unspecified atom stereocenters. The third kappa shape index (κ3) is 4.36. The van der Waals surface area contributed by atoms with Crippen molar-refractivity contribution in [2.24, 2.45) is 0 Å². The van der Waals surface area contributed by atoms with Gasteiger partial charge in [-0.05, 0) is 35.7 Å². The van der Waals surface area contributed by atoms with Crippen LogP contribution in [-0.2, 0) is 22.6 Å². The van der Waals surface area contributed by atoms with E-state index in [0.717, 1.165) is 34.8 Å². The molecule has 1 atom stereocenters. The minimum absolute atomic E-state index is 0.0282. The highest BCUT2D eigenvalue weighted by molar-refractivity contribution is 7.18. The number of nitrogens with zero attached hydrogens (tertiary/aromatic N) is 3. The van der Waals surface area contributed by atoms with E-state index >= 15 is 0 Å². The molecule has 9 heteroatoms. The van der Waals surface area contributed by atoms with Crippen molar-refractivity contribution in [2.75, 3.05) is 13.2 Å². The molecule has 5 rings (SSSR count). The summed E-state index contributed by atoms with van der Waals surface area (Å²) in [5.74, 6) is -0.0972. The molecule has 6 nitrogen and oxygen atoms in total. The topological polar surface area (TPSA) is 64.4 Å². The van der Waals surface area contributed by atoms with Crippen LogP contribution in [0.1, 0.15) is 17.7 Å². The average Bonchev–Trinajstić information content (AvgIpc) is 3.56. The van der Waals surface area contributed by atoms with Crippen molar-refractivity contribution in [2.45, 2.75) is 32.0 Å². The Balaban J connectivity index is 1.42. The number of hydrogen-bond donors (Lipinski definition) is 0. The van der Waals surface area contributed by atoms with Crippen molar-refractivity contribution in [3.05, 3.63) is 62.0 Å². The minimum Gasteiger partial charge on any atom is -0.376 e. The van der Waals surface area contributed by atoms with Gasteiger partial charge in [-0.1, -0.05) is 12.1 Å². The maximum Gasteiger partial charge on any atom is 0.263 e. The quantitative estimate of drug-likeness (QED) is 0.399. The molecule has 5 heterocycles. The lowest BCUT2D eigenvalue weighted by Gasteiger charge is -2.25. The highest BCUT2D eigenvalue weighted by Gasteiger charge is 2.24. The standard InChI is InChI=1S/C22H21N3O3S3/c26-19(24(10-15-4-1-7-28-15)11-16-5-2-8-29-16)12-25-14-23-21-20(22(25)27)17(13-31-21)18-6-3-9-30-18/h2-3,5-6,8-9,13-15H,1,4,7,10-12H2. The van der Waals surface area contributed by atoms with Gasteiger partial charge in [-0.25, -0.2) is 4.98 Å². The molecule has 4 aromatic heterocycles. The number of thiophene rings is 3. The number of hydrogen-bond acceptors (Lipinski definition) is 7.